The van der Waals surface area contributed by atoms with Gasteiger partial charge >= 0.3 is 0 Å². The van der Waals surface area contributed by atoms with Gasteiger partial charge in [0.15, 0.2) is 0 Å². The van der Waals surface area contributed by atoms with Crippen molar-refractivity contribution in [3.05, 3.63) is 289 Å². The van der Waals surface area contributed by atoms with E-state index in [9.17, 15) is 0 Å². The standard InChI is InChI=1S/C75H62N4/c1-74(2,3)52-41-37-50(38-42-52)58-27-13-18-32-64(58)78-68-36-22-17-31-62(68)72-63-46-45-56(77-66-34-20-15-29-60(66)61-30-16-21-35-67(61)77)47-69(63)79(65-33-19-14-28-59(65)51-39-43-53(44-40-51)75(4,5)6)71-49-57(48-70(78)73(71)72)76(54-23-9-7-10-24-54)55-25-11-8-12-26-55/h7-49,72H,1-6H3. The van der Waals surface area contributed by atoms with Gasteiger partial charge in [-0.2, -0.15) is 0 Å². The number of benzene rings is 11. The summed E-state index contributed by atoms with van der Waals surface area (Å²) in [5, 5.41) is 2.48. The number of rotatable bonds is 8. The second kappa shape index (κ2) is 18.7. The first-order valence-electron chi connectivity index (χ1n) is 27.8. The molecule has 1 atom stereocenters. The summed E-state index contributed by atoms with van der Waals surface area (Å²) in [6, 6.07) is 97.3. The number of nitrogens with zero attached hydrogens (tertiary/aromatic N) is 4. The number of fused-ring (bicyclic) bond motifs is 7. The maximum absolute atomic E-state index is 2.61. The van der Waals surface area contributed by atoms with Crippen molar-refractivity contribution in [3.63, 3.8) is 0 Å². The number of aromatic nitrogens is 1. The Kier molecular flexibility index (Phi) is 11.4. The van der Waals surface area contributed by atoms with Crippen molar-refractivity contribution in [1.29, 1.82) is 0 Å². The molecule has 2 aliphatic rings. The first-order valence-corrected chi connectivity index (χ1v) is 27.8. The van der Waals surface area contributed by atoms with E-state index < -0.39 is 0 Å². The first-order chi connectivity index (χ1) is 38.5. The Bertz CT molecular complexity index is 4180. The van der Waals surface area contributed by atoms with Crippen molar-refractivity contribution >= 4 is 73.0 Å². The highest BCUT2D eigenvalue weighted by Gasteiger charge is 2.43. The van der Waals surface area contributed by atoms with E-state index in [2.05, 4.69) is 322 Å². The van der Waals surface area contributed by atoms with E-state index in [0.29, 0.717) is 0 Å². The Labute approximate surface area is 464 Å². The molecule has 79 heavy (non-hydrogen) atoms. The predicted molar refractivity (Wildman–Crippen MR) is 334 cm³/mol. The van der Waals surface area contributed by atoms with Gasteiger partial charge in [-0.25, -0.2) is 0 Å². The van der Waals surface area contributed by atoms with Crippen LogP contribution in [0.1, 0.15) is 75.3 Å². The van der Waals surface area contributed by atoms with Gasteiger partial charge in [-0.05, 0) is 123 Å². The highest BCUT2D eigenvalue weighted by atomic mass is 15.2. The van der Waals surface area contributed by atoms with Gasteiger partial charge in [0, 0.05) is 50.4 Å². The zero-order chi connectivity index (χ0) is 53.6. The molecule has 0 radical (unpaired) electrons. The van der Waals surface area contributed by atoms with E-state index in [1.165, 1.54) is 66.3 Å². The smallest absolute Gasteiger partial charge is 0.0545 e. The molecular weight excluding hydrogens is 957 g/mol. The molecule has 3 heterocycles. The normalized spacial score (nSPS) is 13.8. The highest BCUT2D eigenvalue weighted by Crippen LogP contribution is 2.63. The Hall–Kier alpha value is -9.38. The lowest BCUT2D eigenvalue weighted by Gasteiger charge is -2.46. The lowest BCUT2D eigenvalue weighted by atomic mass is 9.75. The molecule has 0 spiro atoms. The summed E-state index contributed by atoms with van der Waals surface area (Å²) in [4.78, 5) is 7.61. The van der Waals surface area contributed by atoms with Crippen molar-refractivity contribution in [2.75, 3.05) is 14.7 Å². The topological polar surface area (TPSA) is 14.7 Å². The Morgan fingerprint density at radius 1 is 0.329 bits per heavy atom. The van der Waals surface area contributed by atoms with Crippen LogP contribution in [0, 0.1) is 0 Å². The van der Waals surface area contributed by atoms with Crippen LogP contribution in [0.2, 0.25) is 0 Å². The van der Waals surface area contributed by atoms with Gasteiger partial charge in [0.25, 0.3) is 0 Å². The van der Waals surface area contributed by atoms with Gasteiger partial charge in [0.2, 0.25) is 0 Å². The minimum absolute atomic E-state index is 0.0155. The summed E-state index contributed by atoms with van der Waals surface area (Å²) in [6.07, 6.45) is 0. The first kappa shape index (κ1) is 48.0. The van der Waals surface area contributed by atoms with Crippen molar-refractivity contribution in [2.45, 2.75) is 58.3 Å². The van der Waals surface area contributed by atoms with Crippen molar-refractivity contribution in [1.82, 2.24) is 4.57 Å². The quantitative estimate of drug-likeness (QED) is 0.151. The fourth-order valence-corrected chi connectivity index (χ4v) is 12.6. The lowest BCUT2D eigenvalue weighted by Crippen LogP contribution is -2.30. The summed E-state index contributed by atoms with van der Waals surface area (Å²) >= 11 is 0. The number of anilines is 9. The third kappa shape index (κ3) is 8.04. The molecule has 11 aromatic carbocycles. The van der Waals surface area contributed by atoms with Gasteiger partial charge in [-0.15, -0.1) is 0 Å². The largest absolute Gasteiger partial charge is 0.310 e. The summed E-state index contributed by atoms with van der Waals surface area (Å²) in [6.45, 7) is 13.7. The van der Waals surface area contributed by atoms with Crippen LogP contribution in [0.5, 0.6) is 0 Å². The van der Waals surface area contributed by atoms with Gasteiger partial charge < -0.3 is 19.3 Å². The molecule has 382 valence electrons. The second-order valence-electron chi connectivity index (χ2n) is 23.4. The third-order valence-corrected chi connectivity index (χ3v) is 16.5. The van der Waals surface area contributed by atoms with E-state index in [4.69, 9.17) is 0 Å². The summed E-state index contributed by atoms with van der Waals surface area (Å²) < 4.78 is 2.46. The Morgan fingerprint density at radius 3 is 1.25 bits per heavy atom. The predicted octanol–water partition coefficient (Wildman–Crippen LogP) is 20.9. The van der Waals surface area contributed by atoms with Crippen LogP contribution < -0.4 is 14.7 Å². The van der Waals surface area contributed by atoms with Gasteiger partial charge in [0.1, 0.15) is 0 Å². The zero-order valence-electron chi connectivity index (χ0n) is 45.7. The molecule has 1 unspecified atom stereocenters. The molecule has 0 fully saturated rings. The minimum Gasteiger partial charge on any atom is -0.310 e. The van der Waals surface area contributed by atoms with Gasteiger partial charge in [0.05, 0.1) is 50.8 Å². The Balaban J connectivity index is 1.10. The van der Waals surface area contributed by atoms with E-state index in [1.54, 1.807) is 0 Å². The second-order valence-corrected chi connectivity index (χ2v) is 23.4. The maximum Gasteiger partial charge on any atom is 0.0545 e. The number of hydrogen-bond acceptors (Lipinski definition) is 3. The zero-order valence-corrected chi connectivity index (χ0v) is 45.7. The van der Waals surface area contributed by atoms with Crippen LogP contribution in [0.25, 0.3) is 49.7 Å². The molecule has 0 amide bonds. The molecule has 0 saturated carbocycles. The molecule has 0 saturated heterocycles. The third-order valence-electron chi connectivity index (χ3n) is 16.5. The number of hydrogen-bond donors (Lipinski definition) is 0. The molecule has 14 rings (SSSR count). The van der Waals surface area contributed by atoms with Crippen LogP contribution in [0.4, 0.5) is 51.2 Å². The van der Waals surface area contributed by atoms with Crippen LogP contribution in [-0.2, 0) is 10.8 Å². The molecule has 0 bridgehead atoms. The lowest BCUT2D eigenvalue weighted by molar-refractivity contribution is 0.590. The van der Waals surface area contributed by atoms with Gasteiger partial charge in [-0.1, -0.05) is 224 Å². The summed E-state index contributed by atoms with van der Waals surface area (Å²) in [5.41, 5.74) is 24.6. The monoisotopic (exact) mass is 1020 g/mol. The summed E-state index contributed by atoms with van der Waals surface area (Å²) in [5.74, 6) is -0.108. The van der Waals surface area contributed by atoms with Crippen molar-refractivity contribution in [3.8, 4) is 27.9 Å². The average Bonchev–Trinajstić information content (AvgIpc) is 3.70. The maximum atomic E-state index is 2.61. The molecule has 1 aromatic heterocycles. The van der Waals surface area contributed by atoms with Gasteiger partial charge in [-0.3, -0.25) is 0 Å². The molecular formula is C75H62N4. The van der Waals surface area contributed by atoms with E-state index in [-0.39, 0.29) is 16.7 Å². The fraction of sp³-hybridized carbons (Fsp3) is 0.120. The van der Waals surface area contributed by atoms with Crippen LogP contribution in [0.3, 0.4) is 0 Å². The molecule has 2 aliphatic heterocycles. The fourth-order valence-electron chi connectivity index (χ4n) is 12.6. The van der Waals surface area contributed by atoms with Crippen molar-refractivity contribution in [2.24, 2.45) is 0 Å². The molecule has 0 N–H and O–H groups in total. The highest BCUT2D eigenvalue weighted by molar-refractivity contribution is 6.10. The SMILES string of the molecule is CC(C)(C)c1ccc(-c2ccccc2N2c3ccccc3C3c4ccc(-n5c6ccccc6c6ccccc65)cc4N(c4ccccc4-c4ccc(C(C)(C)C)cc4)c4cc(N(c5ccccc5)c5ccccc5)cc2c43)cc1. The van der Waals surface area contributed by atoms with Crippen LogP contribution >= 0.6 is 0 Å². The average molecular weight is 1020 g/mol. The van der Waals surface area contributed by atoms with E-state index in [0.717, 1.165) is 62.4 Å². The van der Waals surface area contributed by atoms with Crippen LogP contribution in [0.15, 0.2) is 261 Å². The summed E-state index contributed by atoms with van der Waals surface area (Å²) in [7, 11) is 0. The molecule has 4 nitrogen and oxygen atoms in total. The Morgan fingerprint density at radius 2 is 0.747 bits per heavy atom. The van der Waals surface area contributed by atoms with E-state index >= 15 is 0 Å². The molecule has 4 heteroatoms. The molecule has 12 aromatic rings. The molecule has 0 aliphatic carbocycles. The van der Waals surface area contributed by atoms with Crippen LogP contribution in [-0.4, -0.2) is 4.57 Å². The van der Waals surface area contributed by atoms with Crippen molar-refractivity contribution < 1.29 is 0 Å². The minimum atomic E-state index is -0.108. The number of para-hydroxylation sites is 7. The van der Waals surface area contributed by atoms with E-state index in [1.807, 2.05) is 0 Å².